The molecule has 4 heteroatoms. The molecule has 0 spiro atoms. The van der Waals surface area contributed by atoms with Crippen molar-refractivity contribution < 1.29 is 14.7 Å². The van der Waals surface area contributed by atoms with Crippen LogP contribution in [0.15, 0.2) is 0 Å². The van der Waals surface area contributed by atoms with Crippen LogP contribution in [0.25, 0.3) is 0 Å². The fourth-order valence-corrected chi connectivity index (χ4v) is 2.52. The second kappa shape index (κ2) is 4.82. The molecule has 1 rings (SSSR count). The largest absolute Gasteiger partial charge is 0.480 e. The first kappa shape index (κ1) is 11.6. The predicted molar refractivity (Wildman–Crippen MR) is 56.5 cm³/mol. The number of ketones is 1. The minimum absolute atomic E-state index is 0.0645. The number of carboxylic acid groups (broad SMARTS) is 1. The third kappa shape index (κ3) is 2.11. The van der Waals surface area contributed by atoms with E-state index in [-0.39, 0.29) is 5.78 Å². The molecule has 0 amide bonds. The molecule has 0 aromatic rings. The zero-order chi connectivity index (χ0) is 10.6. The van der Waals surface area contributed by atoms with E-state index in [1.54, 1.807) is 11.8 Å². The molecule has 1 fully saturated rings. The Kier molecular flexibility index (Phi) is 3.98. The van der Waals surface area contributed by atoms with Crippen molar-refractivity contribution in [3.8, 4) is 0 Å². The number of thioether (sulfide) groups is 1. The summed E-state index contributed by atoms with van der Waals surface area (Å²) in [5, 5.41) is 9.16. The SMILES string of the molecule is CSCCC1(C(=O)O)CCCCC1=O. The average molecular weight is 216 g/mol. The van der Waals surface area contributed by atoms with Crippen LogP contribution in [0.5, 0.6) is 0 Å². The van der Waals surface area contributed by atoms with Gasteiger partial charge in [-0.2, -0.15) is 11.8 Å². The highest BCUT2D eigenvalue weighted by atomic mass is 32.2. The lowest BCUT2D eigenvalue weighted by atomic mass is 9.71. The van der Waals surface area contributed by atoms with Gasteiger partial charge in [0.15, 0.2) is 0 Å². The standard InChI is InChI=1S/C10H16O3S/c1-14-7-6-10(9(12)13)5-3-2-4-8(10)11/h2-7H2,1H3,(H,12,13). The Morgan fingerprint density at radius 2 is 2.29 bits per heavy atom. The van der Waals surface area contributed by atoms with E-state index in [0.29, 0.717) is 19.3 Å². The van der Waals surface area contributed by atoms with Gasteiger partial charge in [-0.3, -0.25) is 9.59 Å². The van der Waals surface area contributed by atoms with Crippen LogP contribution in [0.4, 0.5) is 0 Å². The van der Waals surface area contributed by atoms with Gasteiger partial charge in [-0.1, -0.05) is 6.42 Å². The molecule has 0 bridgehead atoms. The number of carbonyl (C=O) groups is 2. The summed E-state index contributed by atoms with van der Waals surface area (Å²) in [6.07, 6.45) is 5.12. The first-order valence-corrected chi connectivity index (χ1v) is 6.28. The summed E-state index contributed by atoms with van der Waals surface area (Å²) in [5.41, 5.74) is -1.05. The third-order valence-corrected chi connectivity index (χ3v) is 3.55. The van der Waals surface area contributed by atoms with Crippen molar-refractivity contribution in [1.82, 2.24) is 0 Å². The summed E-state index contributed by atoms with van der Waals surface area (Å²) >= 11 is 1.60. The van der Waals surface area contributed by atoms with E-state index in [4.69, 9.17) is 5.11 Å². The Balaban J connectivity index is 2.78. The summed E-state index contributed by atoms with van der Waals surface area (Å²) < 4.78 is 0. The number of carbonyl (C=O) groups excluding carboxylic acids is 1. The van der Waals surface area contributed by atoms with Crippen molar-refractivity contribution in [2.24, 2.45) is 5.41 Å². The van der Waals surface area contributed by atoms with Gasteiger partial charge in [0.1, 0.15) is 11.2 Å². The molecule has 1 unspecified atom stereocenters. The molecule has 3 nitrogen and oxygen atoms in total. The zero-order valence-corrected chi connectivity index (χ0v) is 9.23. The molecule has 80 valence electrons. The van der Waals surface area contributed by atoms with Crippen LogP contribution in [0.3, 0.4) is 0 Å². The van der Waals surface area contributed by atoms with Crippen molar-refractivity contribution >= 4 is 23.5 Å². The molecule has 1 N–H and O–H groups in total. The molecule has 0 aliphatic heterocycles. The fourth-order valence-electron chi connectivity index (χ4n) is 1.96. The molecule has 14 heavy (non-hydrogen) atoms. The van der Waals surface area contributed by atoms with Crippen molar-refractivity contribution in [3.63, 3.8) is 0 Å². The van der Waals surface area contributed by atoms with E-state index < -0.39 is 11.4 Å². The average Bonchev–Trinajstić information content (AvgIpc) is 2.16. The van der Waals surface area contributed by atoms with Gasteiger partial charge in [0, 0.05) is 6.42 Å². The Morgan fingerprint density at radius 1 is 1.57 bits per heavy atom. The van der Waals surface area contributed by atoms with Gasteiger partial charge in [-0.15, -0.1) is 0 Å². The zero-order valence-electron chi connectivity index (χ0n) is 8.41. The molecule has 1 aliphatic carbocycles. The lowest BCUT2D eigenvalue weighted by Gasteiger charge is -2.31. The van der Waals surface area contributed by atoms with Crippen molar-refractivity contribution in [2.45, 2.75) is 32.1 Å². The number of rotatable bonds is 4. The van der Waals surface area contributed by atoms with Crippen LogP contribution in [0.2, 0.25) is 0 Å². The molecular formula is C10H16O3S. The number of hydrogen-bond donors (Lipinski definition) is 1. The fraction of sp³-hybridized carbons (Fsp3) is 0.800. The van der Waals surface area contributed by atoms with E-state index in [9.17, 15) is 9.59 Å². The molecule has 0 saturated heterocycles. The van der Waals surface area contributed by atoms with Gasteiger partial charge in [-0.25, -0.2) is 0 Å². The van der Waals surface area contributed by atoms with Gasteiger partial charge >= 0.3 is 5.97 Å². The van der Waals surface area contributed by atoms with Crippen LogP contribution < -0.4 is 0 Å². The molecule has 0 aromatic heterocycles. The summed E-state index contributed by atoms with van der Waals surface area (Å²) in [7, 11) is 0. The maximum absolute atomic E-state index is 11.7. The number of carboxylic acids is 1. The van der Waals surface area contributed by atoms with Gasteiger partial charge in [0.05, 0.1) is 0 Å². The van der Waals surface area contributed by atoms with E-state index in [2.05, 4.69) is 0 Å². The summed E-state index contributed by atoms with van der Waals surface area (Å²) in [6.45, 7) is 0. The molecule has 1 atom stereocenters. The van der Waals surface area contributed by atoms with Crippen molar-refractivity contribution in [3.05, 3.63) is 0 Å². The lowest BCUT2D eigenvalue weighted by molar-refractivity contribution is -0.157. The maximum atomic E-state index is 11.7. The van der Waals surface area contributed by atoms with Gasteiger partial charge in [-0.05, 0) is 31.3 Å². The maximum Gasteiger partial charge on any atom is 0.317 e. The quantitative estimate of drug-likeness (QED) is 0.730. The molecular weight excluding hydrogens is 200 g/mol. The summed E-state index contributed by atoms with van der Waals surface area (Å²) in [6, 6.07) is 0. The van der Waals surface area contributed by atoms with Gasteiger partial charge < -0.3 is 5.11 Å². The topological polar surface area (TPSA) is 54.4 Å². The predicted octanol–water partition coefficient (Wildman–Crippen LogP) is 1.95. The first-order chi connectivity index (χ1) is 6.63. The highest BCUT2D eigenvalue weighted by Crippen LogP contribution is 2.37. The Bertz CT molecular complexity index is 240. The Morgan fingerprint density at radius 3 is 2.79 bits per heavy atom. The summed E-state index contributed by atoms with van der Waals surface area (Å²) in [4.78, 5) is 22.8. The third-order valence-electron chi connectivity index (χ3n) is 2.93. The normalized spacial score (nSPS) is 27.6. The van der Waals surface area contributed by atoms with Crippen LogP contribution in [-0.2, 0) is 9.59 Å². The lowest BCUT2D eigenvalue weighted by Crippen LogP contribution is -2.42. The van der Waals surface area contributed by atoms with Crippen molar-refractivity contribution in [1.29, 1.82) is 0 Å². The molecule has 1 saturated carbocycles. The number of aliphatic carboxylic acids is 1. The highest BCUT2D eigenvalue weighted by molar-refractivity contribution is 7.98. The summed E-state index contributed by atoms with van der Waals surface area (Å²) in [5.74, 6) is -0.237. The van der Waals surface area contributed by atoms with Gasteiger partial charge in [0.25, 0.3) is 0 Å². The monoisotopic (exact) mass is 216 g/mol. The second-order valence-corrected chi connectivity index (χ2v) is 4.75. The minimum atomic E-state index is -1.05. The van der Waals surface area contributed by atoms with Crippen molar-refractivity contribution in [2.75, 3.05) is 12.0 Å². The minimum Gasteiger partial charge on any atom is -0.480 e. The molecule has 1 aliphatic rings. The van der Waals surface area contributed by atoms with Crippen LogP contribution >= 0.6 is 11.8 Å². The molecule has 0 radical (unpaired) electrons. The Hall–Kier alpha value is -0.510. The smallest absolute Gasteiger partial charge is 0.317 e. The van der Waals surface area contributed by atoms with Gasteiger partial charge in [0.2, 0.25) is 0 Å². The molecule has 0 heterocycles. The van der Waals surface area contributed by atoms with Crippen LogP contribution in [-0.4, -0.2) is 28.9 Å². The van der Waals surface area contributed by atoms with E-state index in [1.807, 2.05) is 6.26 Å². The Labute approximate surface area is 88.3 Å². The number of Topliss-reactive ketones (excluding diaryl/α,β-unsaturated/α-hetero) is 1. The van der Waals surface area contributed by atoms with Crippen LogP contribution in [0.1, 0.15) is 32.1 Å². The van der Waals surface area contributed by atoms with E-state index in [0.717, 1.165) is 18.6 Å². The van der Waals surface area contributed by atoms with E-state index in [1.165, 1.54) is 0 Å². The molecule has 0 aromatic carbocycles. The second-order valence-electron chi connectivity index (χ2n) is 3.76. The number of hydrogen-bond acceptors (Lipinski definition) is 3. The van der Waals surface area contributed by atoms with Crippen LogP contribution in [0, 0.1) is 5.41 Å². The van der Waals surface area contributed by atoms with E-state index >= 15 is 0 Å². The highest BCUT2D eigenvalue weighted by Gasteiger charge is 2.45. The first-order valence-electron chi connectivity index (χ1n) is 4.89.